The van der Waals surface area contributed by atoms with Gasteiger partial charge in [0.15, 0.2) is 0 Å². The molecule has 0 aliphatic rings. The van der Waals surface area contributed by atoms with Crippen molar-refractivity contribution in [1.29, 1.82) is 0 Å². The molecule has 1 unspecified atom stereocenters. The van der Waals surface area contributed by atoms with E-state index in [4.69, 9.17) is 0 Å². The first-order chi connectivity index (χ1) is 8.16. The predicted molar refractivity (Wildman–Crippen MR) is 70.0 cm³/mol. The Balaban J connectivity index is 2.03. The maximum atomic E-state index is 12.7. The number of halogens is 1. The first kappa shape index (κ1) is 12.1. The summed E-state index contributed by atoms with van der Waals surface area (Å²) in [4.78, 5) is 3.26. The summed E-state index contributed by atoms with van der Waals surface area (Å²) >= 11 is 0. The highest BCUT2D eigenvalue weighted by atomic mass is 19.1. The minimum Gasteiger partial charge on any atom is -0.361 e. The zero-order valence-corrected chi connectivity index (χ0v) is 10.3. The Labute approximate surface area is 101 Å². The molecule has 0 saturated carbocycles. The van der Waals surface area contributed by atoms with E-state index in [1.807, 2.05) is 18.3 Å². The van der Waals surface area contributed by atoms with E-state index in [1.54, 1.807) is 6.92 Å². The molecule has 0 radical (unpaired) electrons. The monoisotopic (exact) mass is 234 g/mol. The van der Waals surface area contributed by atoms with E-state index in [2.05, 4.69) is 29.4 Å². The third-order valence-corrected chi connectivity index (χ3v) is 2.95. The number of para-hydroxylation sites is 1. The maximum absolute atomic E-state index is 12.7. The summed E-state index contributed by atoms with van der Waals surface area (Å²) in [5.74, 6) is 0. The van der Waals surface area contributed by atoms with Gasteiger partial charge >= 0.3 is 0 Å². The Bertz CT molecular complexity index is 476. The summed E-state index contributed by atoms with van der Waals surface area (Å²) in [5, 5.41) is 4.45. The van der Waals surface area contributed by atoms with Crippen molar-refractivity contribution in [2.24, 2.45) is 0 Å². The molecule has 0 amide bonds. The van der Waals surface area contributed by atoms with Gasteiger partial charge in [-0.05, 0) is 31.9 Å². The van der Waals surface area contributed by atoms with E-state index in [0.29, 0.717) is 6.54 Å². The third kappa shape index (κ3) is 3.07. The fraction of sp³-hybridized carbons (Fsp3) is 0.429. The molecule has 3 heteroatoms. The van der Waals surface area contributed by atoms with Crippen molar-refractivity contribution < 1.29 is 4.39 Å². The molecule has 92 valence electrons. The highest BCUT2D eigenvalue weighted by Crippen LogP contribution is 2.18. The van der Waals surface area contributed by atoms with Crippen LogP contribution in [-0.4, -0.2) is 23.7 Å². The number of hydrogen-bond donors (Lipinski definition) is 2. The normalized spacial score (nSPS) is 15.0. The van der Waals surface area contributed by atoms with Crippen molar-refractivity contribution in [1.82, 2.24) is 10.3 Å². The average Bonchev–Trinajstić information content (AvgIpc) is 2.70. The molecular weight excluding hydrogens is 215 g/mol. The van der Waals surface area contributed by atoms with Gasteiger partial charge in [-0.25, -0.2) is 4.39 Å². The molecule has 0 spiro atoms. The number of fused-ring (bicyclic) bond motifs is 1. The van der Waals surface area contributed by atoms with E-state index >= 15 is 0 Å². The Morgan fingerprint density at radius 1 is 1.29 bits per heavy atom. The van der Waals surface area contributed by atoms with Crippen molar-refractivity contribution in [3.8, 4) is 0 Å². The average molecular weight is 234 g/mol. The Kier molecular flexibility index (Phi) is 3.79. The lowest BCUT2D eigenvalue weighted by atomic mass is 10.1. The molecule has 1 aromatic carbocycles. The van der Waals surface area contributed by atoms with Crippen molar-refractivity contribution in [3.63, 3.8) is 0 Å². The number of rotatable bonds is 5. The maximum Gasteiger partial charge on any atom is 0.110 e. The van der Waals surface area contributed by atoms with E-state index in [0.717, 1.165) is 11.9 Å². The predicted octanol–water partition coefficient (Wildman–Crippen LogP) is 3.05. The number of benzene rings is 1. The Morgan fingerprint density at radius 2 is 2.06 bits per heavy atom. The van der Waals surface area contributed by atoms with Crippen molar-refractivity contribution in [2.75, 3.05) is 6.54 Å². The van der Waals surface area contributed by atoms with Gasteiger partial charge in [-0.3, -0.25) is 0 Å². The van der Waals surface area contributed by atoms with Gasteiger partial charge in [-0.15, -0.1) is 0 Å². The largest absolute Gasteiger partial charge is 0.361 e. The summed E-state index contributed by atoms with van der Waals surface area (Å²) in [7, 11) is 0. The van der Waals surface area contributed by atoms with Crippen LogP contribution in [0, 0.1) is 0 Å². The molecule has 1 heterocycles. The van der Waals surface area contributed by atoms with Gasteiger partial charge in [0.2, 0.25) is 0 Å². The lowest BCUT2D eigenvalue weighted by molar-refractivity contribution is 0.331. The SMILES string of the molecule is CC(F)CN[C@H](C)Cc1c[nH]c2ccccc12. The minimum absolute atomic E-state index is 0.285. The van der Waals surface area contributed by atoms with Crippen LogP contribution in [0.25, 0.3) is 10.9 Å². The standard InChI is InChI=1S/C14H19FN2/c1-10(15)8-16-11(2)7-12-9-17-14-6-4-3-5-13(12)14/h3-6,9-11,16-17H,7-8H2,1-2H3/t10?,11-/m1/s1. The summed E-state index contributed by atoms with van der Waals surface area (Å²) in [6.45, 7) is 4.08. The van der Waals surface area contributed by atoms with Crippen LogP contribution >= 0.6 is 0 Å². The van der Waals surface area contributed by atoms with Gasteiger partial charge in [0.1, 0.15) is 6.17 Å². The second-order valence-electron chi connectivity index (χ2n) is 4.65. The van der Waals surface area contributed by atoms with Gasteiger partial charge in [-0.1, -0.05) is 18.2 Å². The van der Waals surface area contributed by atoms with Gasteiger partial charge in [0, 0.05) is 29.7 Å². The Morgan fingerprint density at radius 3 is 2.82 bits per heavy atom. The molecular formula is C14H19FN2. The molecule has 2 rings (SSSR count). The molecule has 2 aromatic rings. The summed E-state index contributed by atoms with van der Waals surface area (Å²) in [6.07, 6.45) is 2.17. The molecule has 2 nitrogen and oxygen atoms in total. The number of aromatic nitrogens is 1. The van der Waals surface area contributed by atoms with Crippen molar-refractivity contribution in [2.45, 2.75) is 32.5 Å². The molecule has 2 N–H and O–H groups in total. The van der Waals surface area contributed by atoms with E-state index in [1.165, 1.54) is 10.9 Å². The first-order valence-corrected chi connectivity index (χ1v) is 6.09. The Hall–Kier alpha value is -1.35. The number of H-pyrrole nitrogens is 1. The number of alkyl halides is 1. The molecule has 2 atom stereocenters. The molecule has 0 bridgehead atoms. The quantitative estimate of drug-likeness (QED) is 0.817. The zero-order valence-electron chi connectivity index (χ0n) is 10.3. The van der Waals surface area contributed by atoms with E-state index in [9.17, 15) is 4.39 Å². The molecule has 17 heavy (non-hydrogen) atoms. The topological polar surface area (TPSA) is 27.8 Å². The fourth-order valence-corrected chi connectivity index (χ4v) is 2.07. The van der Waals surface area contributed by atoms with E-state index < -0.39 is 6.17 Å². The lowest BCUT2D eigenvalue weighted by Crippen LogP contribution is -2.32. The van der Waals surface area contributed by atoms with Crippen LogP contribution in [0.2, 0.25) is 0 Å². The van der Waals surface area contributed by atoms with Crippen LogP contribution in [0.3, 0.4) is 0 Å². The molecule has 0 aliphatic carbocycles. The van der Waals surface area contributed by atoms with Crippen molar-refractivity contribution >= 4 is 10.9 Å². The third-order valence-electron chi connectivity index (χ3n) is 2.95. The summed E-state index contributed by atoms with van der Waals surface area (Å²) in [5.41, 5.74) is 2.45. The molecule has 0 saturated heterocycles. The van der Waals surface area contributed by atoms with Gasteiger partial charge < -0.3 is 10.3 Å². The van der Waals surface area contributed by atoms with Crippen molar-refractivity contribution in [3.05, 3.63) is 36.0 Å². The number of hydrogen-bond acceptors (Lipinski definition) is 1. The number of nitrogens with one attached hydrogen (secondary N) is 2. The van der Waals surface area contributed by atoms with Crippen LogP contribution in [0.1, 0.15) is 19.4 Å². The van der Waals surface area contributed by atoms with Crippen LogP contribution in [0.4, 0.5) is 4.39 Å². The van der Waals surface area contributed by atoms with Crippen LogP contribution in [0.5, 0.6) is 0 Å². The lowest BCUT2D eigenvalue weighted by Gasteiger charge is -2.13. The smallest absolute Gasteiger partial charge is 0.110 e. The minimum atomic E-state index is -0.791. The fourth-order valence-electron chi connectivity index (χ4n) is 2.07. The van der Waals surface area contributed by atoms with Gasteiger partial charge in [-0.2, -0.15) is 0 Å². The van der Waals surface area contributed by atoms with Crippen LogP contribution < -0.4 is 5.32 Å². The second-order valence-corrected chi connectivity index (χ2v) is 4.65. The highest BCUT2D eigenvalue weighted by molar-refractivity contribution is 5.83. The van der Waals surface area contributed by atoms with Gasteiger partial charge in [0.25, 0.3) is 0 Å². The summed E-state index contributed by atoms with van der Waals surface area (Å²) in [6, 6.07) is 8.54. The van der Waals surface area contributed by atoms with Gasteiger partial charge in [0.05, 0.1) is 0 Å². The van der Waals surface area contributed by atoms with E-state index in [-0.39, 0.29) is 6.04 Å². The first-order valence-electron chi connectivity index (χ1n) is 6.09. The molecule has 0 fully saturated rings. The van der Waals surface area contributed by atoms with Crippen LogP contribution in [0.15, 0.2) is 30.5 Å². The second kappa shape index (κ2) is 5.32. The molecule has 0 aliphatic heterocycles. The zero-order chi connectivity index (χ0) is 12.3. The summed E-state index contributed by atoms with van der Waals surface area (Å²) < 4.78 is 12.7. The van der Waals surface area contributed by atoms with Crippen LogP contribution in [-0.2, 0) is 6.42 Å². The number of aromatic amines is 1. The molecule has 1 aromatic heterocycles. The highest BCUT2D eigenvalue weighted by Gasteiger charge is 2.08.